The molecule has 3 aromatic rings. The van der Waals surface area contributed by atoms with Gasteiger partial charge in [0.25, 0.3) is 0 Å². The first-order valence-electron chi connectivity index (χ1n) is 17.6. The number of likely N-dealkylation sites (tertiary alicyclic amines) is 1. The Balaban J connectivity index is 1.25. The molecule has 1 fully saturated rings. The summed E-state index contributed by atoms with van der Waals surface area (Å²) in [6.07, 6.45) is 4.39. The molecule has 0 radical (unpaired) electrons. The van der Waals surface area contributed by atoms with Crippen molar-refractivity contribution >= 4 is 23.9 Å². The number of aliphatic hydroxyl groups excluding tert-OH is 1. The van der Waals surface area contributed by atoms with Gasteiger partial charge in [-0.05, 0) is 60.9 Å². The number of amides is 3. The van der Waals surface area contributed by atoms with Crippen LogP contribution in [0.1, 0.15) is 48.8 Å². The van der Waals surface area contributed by atoms with Crippen molar-refractivity contribution in [2.45, 2.75) is 69.9 Å². The average Bonchev–Trinajstić information content (AvgIpc) is 3.64. The molecule has 1 aliphatic rings. The number of esters is 1. The molecule has 52 heavy (non-hydrogen) atoms. The maximum atomic E-state index is 13.7. The van der Waals surface area contributed by atoms with E-state index in [1.807, 2.05) is 84.9 Å². The number of aliphatic hydroxyl groups is 1. The van der Waals surface area contributed by atoms with Crippen LogP contribution in [0.15, 0.2) is 110 Å². The lowest BCUT2D eigenvalue weighted by atomic mass is 9.98. The summed E-state index contributed by atoms with van der Waals surface area (Å²) in [6.45, 7) is 8.07. The fraction of sp³-hybridized carbons (Fsp3) is 0.366. The molecule has 276 valence electrons. The maximum absolute atomic E-state index is 13.7. The number of carbonyl (C=O) groups is 4. The van der Waals surface area contributed by atoms with Crippen molar-refractivity contribution in [1.82, 2.24) is 15.5 Å². The number of alkyl carbamates (subject to hydrolysis) is 1. The molecular formula is C41H49N3O8. The molecule has 1 aliphatic heterocycles. The van der Waals surface area contributed by atoms with Crippen LogP contribution in [-0.4, -0.2) is 71.8 Å². The Morgan fingerprint density at radius 3 is 2.12 bits per heavy atom. The predicted octanol–water partition coefficient (Wildman–Crippen LogP) is 5.27. The van der Waals surface area contributed by atoms with E-state index in [0.717, 1.165) is 16.7 Å². The minimum absolute atomic E-state index is 0.0474. The van der Waals surface area contributed by atoms with Gasteiger partial charge in [-0.1, -0.05) is 84.9 Å². The van der Waals surface area contributed by atoms with Gasteiger partial charge in [-0.15, -0.1) is 13.2 Å². The number of hydrogen-bond donors (Lipinski definition) is 3. The largest absolute Gasteiger partial charge is 0.489 e. The number of nitrogens with zero attached hydrogens (tertiary/aromatic N) is 1. The zero-order chi connectivity index (χ0) is 37.1. The van der Waals surface area contributed by atoms with Gasteiger partial charge in [-0.25, -0.2) is 9.59 Å². The Kier molecular flexibility index (Phi) is 15.9. The van der Waals surface area contributed by atoms with Crippen LogP contribution in [-0.2, 0) is 43.5 Å². The van der Waals surface area contributed by atoms with Gasteiger partial charge in [0.05, 0.1) is 24.6 Å². The number of allylic oxidation sites excluding steroid dienone is 1. The highest BCUT2D eigenvalue weighted by atomic mass is 16.6. The van der Waals surface area contributed by atoms with E-state index < -0.39 is 30.1 Å². The predicted molar refractivity (Wildman–Crippen MR) is 197 cm³/mol. The van der Waals surface area contributed by atoms with E-state index in [1.165, 1.54) is 6.08 Å². The van der Waals surface area contributed by atoms with Crippen molar-refractivity contribution in [3.8, 4) is 5.75 Å². The summed E-state index contributed by atoms with van der Waals surface area (Å²) in [5, 5.41) is 15.5. The molecular weight excluding hydrogens is 662 g/mol. The van der Waals surface area contributed by atoms with E-state index in [1.54, 1.807) is 11.0 Å². The second-order valence-corrected chi connectivity index (χ2v) is 12.7. The van der Waals surface area contributed by atoms with Crippen molar-refractivity contribution in [1.29, 1.82) is 0 Å². The van der Waals surface area contributed by atoms with Crippen LogP contribution in [0.3, 0.4) is 0 Å². The van der Waals surface area contributed by atoms with Crippen molar-refractivity contribution in [3.05, 3.63) is 127 Å². The van der Waals surface area contributed by atoms with Crippen LogP contribution in [0.5, 0.6) is 5.75 Å². The third-order valence-electron chi connectivity index (χ3n) is 8.74. The van der Waals surface area contributed by atoms with Gasteiger partial charge in [-0.2, -0.15) is 0 Å². The van der Waals surface area contributed by atoms with E-state index in [0.29, 0.717) is 38.2 Å². The lowest BCUT2D eigenvalue weighted by Gasteiger charge is -2.29. The standard InChI is InChI=1S/C41H49N3O8/c1-3-12-33(25-38(46)42-34(26-45)24-30-19-21-36(22-20-30)50-27-31-14-7-5-8-15-31)39(47)44-23-11-18-35(44)29-51-40(48)37(13-4-2)43-41(49)52-28-32-16-9-6-10-17-32/h3-10,14-17,19-22,33-35,37,45H,1-2,11-13,18,23-29H2,(H,42,46)(H,43,49). The monoisotopic (exact) mass is 711 g/mol. The van der Waals surface area contributed by atoms with Crippen LogP contribution in [0.4, 0.5) is 4.79 Å². The minimum Gasteiger partial charge on any atom is -0.489 e. The smallest absolute Gasteiger partial charge is 0.408 e. The Morgan fingerprint density at radius 1 is 0.827 bits per heavy atom. The number of rotatable bonds is 20. The van der Waals surface area contributed by atoms with Crippen LogP contribution >= 0.6 is 0 Å². The summed E-state index contributed by atoms with van der Waals surface area (Å²) in [6, 6.07) is 24.6. The average molecular weight is 712 g/mol. The number of ether oxygens (including phenoxy) is 3. The second-order valence-electron chi connectivity index (χ2n) is 12.7. The van der Waals surface area contributed by atoms with Crippen molar-refractivity contribution in [2.75, 3.05) is 19.8 Å². The molecule has 3 aromatic carbocycles. The Bertz CT molecular complexity index is 1600. The zero-order valence-electron chi connectivity index (χ0n) is 29.5. The molecule has 0 bridgehead atoms. The lowest BCUT2D eigenvalue weighted by Crippen LogP contribution is -2.46. The van der Waals surface area contributed by atoms with E-state index in [9.17, 15) is 24.3 Å². The van der Waals surface area contributed by atoms with Crippen LogP contribution in [0.2, 0.25) is 0 Å². The van der Waals surface area contributed by atoms with Gasteiger partial charge in [0.1, 0.15) is 31.6 Å². The van der Waals surface area contributed by atoms with Crippen LogP contribution in [0, 0.1) is 5.92 Å². The van der Waals surface area contributed by atoms with E-state index in [-0.39, 0.29) is 56.9 Å². The zero-order valence-corrected chi connectivity index (χ0v) is 29.5. The summed E-state index contributed by atoms with van der Waals surface area (Å²) < 4.78 is 16.7. The molecule has 4 atom stereocenters. The third-order valence-corrected chi connectivity index (χ3v) is 8.74. The van der Waals surface area contributed by atoms with Gasteiger partial charge < -0.3 is 34.9 Å². The Morgan fingerprint density at radius 2 is 1.48 bits per heavy atom. The highest BCUT2D eigenvalue weighted by Gasteiger charge is 2.35. The summed E-state index contributed by atoms with van der Waals surface area (Å²) in [5.41, 5.74) is 2.78. The molecule has 3 amide bonds. The molecule has 1 saturated heterocycles. The van der Waals surface area contributed by atoms with Crippen LogP contribution in [0.25, 0.3) is 0 Å². The first kappa shape index (κ1) is 39.4. The number of hydrogen-bond acceptors (Lipinski definition) is 8. The molecule has 11 heteroatoms. The fourth-order valence-electron chi connectivity index (χ4n) is 5.99. The van der Waals surface area contributed by atoms with Gasteiger partial charge in [0, 0.05) is 13.0 Å². The molecule has 1 heterocycles. The first-order valence-corrected chi connectivity index (χ1v) is 17.6. The molecule has 3 N–H and O–H groups in total. The molecule has 4 unspecified atom stereocenters. The fourth-order valence-corrected chi connectivity index (χ4v) is 5.99. The number of nitrogens with one attached hydrogen (secondary N) is 2. The number of benzene rings is 3. The van der Waals surface area contributed by atoms with E-state index in [4.69, 9.17) is 14.2 Å². The molecule has 11 nitrogen and oxygen atoms in total. The molecule has 4 rings (SSSR count). The normalized spacial score (nSPS) is 15.4. The lowest BCUT2D eigenvalue weighted by molar-refractivity contribution is -0.150. The maximum Gasteiger partial charge on any atom is 0.408 e. The summed E-state index contributed by atoms with van der Waals surface area (Å²) in [4.78, 5) is 53.9. The summed E-state index contributed by atoms with van der Waals surface area (Å²) >= 11 is 0. The van der Waals surface area contributed by atoms with Gasteiger partial charge in [0.15, 0.2) is 0 Å². The van der Waals surface area contributed by atoms with E-state index >= 15 is 0 Å². The minimum atomic E-state index is -1.01. The topological polar surface area (TPSA) is 143 Å². The molecule has 0 aliphatic carbocycles. The van der Waals surface area contributed by atoms with Crippen molar-refractivity contribution in [2.24, 2.45) is 5.92 Å². The Hall–Kier alpha value is -5.42. The van der Waals surface area contributed by atoms with Crippen LogP contribution < -0.4 is 15.4 Å². The highest BCUT2D eigenvalue weighted by molar-refractivity contribution is 5.86. The molecule has 0 aromatic heterocycles. The molecule has 0 saturated carbocycles. The van der Waals surface area contributed by atoms with Gasteiger partial charge in [-0.3, -0.25) is 9.59 Å². The second kappa shape index (κ2) is 21.1. The SMILES string of the molecule is C=CCC(CC(=O)NC(CO)Cc1ccc(OCc2ccccc2)cc1)C(=O)N1CCCC1COC(=O)C(CC=C)NC(=O)OCc1ccccc1. The van der Waals surface area contributed by atoms with Crippen molar-refractivity contribution in [3.63, 3.8) is 0 Å². The first-order chi connectivity index (χ1) is 25.3. The Labute approximate surface area is 305 Å². The molecule has 0 spiro atoms. The van der Waals surface area contributed by atoms with E-state index in [2.05, 4.69) is 23.8 Å². The van der Waals surface area contributed by atoms with Gasteiger partial charge in [0.2, 0.25) is 11.8 Å². The highest BCUT2D eigenvalue weighted by Crippen LogP contribution is 2.24. The quantitative estimate of drug-likeness (QED) is 0.106. The van der Waals surface area contributed by atoms with Gasteiger partial charge >= 0.3 is 12.1 Å². The van der Waals surface area contributed by atoms with Crippen molar-refractivity contribution < 1.29 is 38.5 Å². The summed E-state index contributed by atoms with van der Waals surface area (Å²) in [7, 11) is 0. The summed E-state index contributed by atoms with van der Waals surface area (Å²) in [5.74, 6) is -1.22. The third kappa shape index (κ3) is 12.7. The number of carbonyl (C=O) groups excluding carboxylic acids is 4.